The molecule has 2 heterocycles. The maximum atomic E-state index is 12.1. The zero-order valence-corrected chi connectivity index (χ0v) is 15.0. The van der Waals surface area contributed by atoms with Gasteiger partial charge in [0, 0.05) is 19.8 Å². The molecule has 128 valence electrons. The Labute approximate surface area is 140 Å². The van der Waals surface area contributed by atoms with Gasteiger partial charge in [0.1, 0.15) is 0 Å². The molecule has 23 heavy (non-hydrogen) atoms. The molecule has 7 heteroatoms. The number of thioether (sulfide) groups is 1. The van der Waals surface area contributed by atoms with E-state index in [0.717, 1.165) is 16.7 Å². The average Bonchev–Trinajstić information content (AvgIpc) is 2.98. The monoisotopic (exact) mass is 338 g/mol. The topological polar surface area (TPSA) is 72.7 Å². The van der Waals surface area contributed by atoms with E-state index in [1.54, 1.807) is 18.8 Å². The fourth-order valence-corrected chi connectivity index (χ4v) is 3.47. The highest BCUT2D eigenvalue weighted by atomic mass is 32.2. The number of unbranched alkanes of at least 4 members (excludes halogenated alkanes) is 6. The van der Waals surface area contributed by atoms with Gasteiger partial charge in [-0.2, -0.15) is 0 Å². The highest BCUT2D eigenvalue weighted by molar-refractivity contribution is 7.99. The molecule has 0 saturated heterocycles. The van der Waals surface area contributed by atoms with Crippen molar-refractivity contribution in [3.63, 3.8) is 0 Å². The fourth-order valence-electron chi connectivity index (χ4n) is 2.60. The predicted octanol–water partition coefficient (Wildman–Crippen LogP) is 2.80. The lowest BCUT2D eigenvalue weighted by Gasteiger charge is -2.00. The van der Waals surface area contributed by atoms with Crippen LogP contribution in [0.4, 0.5) is 0 Å². The molecule has 0 amide bonds. The first-order valence-corrected chi connectivity index (χ1v) is 9.33. The number of aromatic amines is 1. The van der Waals surface area contributed by atoms with E-state index in [4.69, 9.17) is 0 Å². The molecule has 0 aliphatic heterocycles. The van der Waals surface area contributed by atoms with Crippen molar-refractivity contribution in [1.29, 1.82) is 0 Å². The molecule has 0 saturated carbocycles. The summed E-state index contributed by atoms with van der Waals surface area (Å²) in [5.74, 6) is 0.974. The molecule has 0 spiro atoms. The molecule has 0 radical (unpaired) electrons. The van der Waals surface area contributed by atoms with Crippen LogP contribution in [0.3, 0.4) is 0 Å². The second-order valence-corrected chi connectivity index (χ2v) is 7.00. The van der Waals surface area contributed by atoms with E-state index < -0.39 is 0 Å². The molecule has 0 aromatic carbocycles. The van der Waals surface area contributed by atoms with E-state index in [1.165, 1.54) is 50.1 Å². The largest absolute Gasteiger partial charge is 0.332 e. The Morgan fingerprint density at radius 2 is 1.65 bits per heavy atom. The number of hydrogen-bond donors (Lipinski definition) is 1. The number of aromatic nitrogens is 4. The molecule has 0 atom stereocenters. The predicted molar refractivity (Wildman–Crippen MR) is 95.3 cm³/mol. The van der Waals surface area contributed by atoms with Crippen LogP contribution in [0.2, 0.25) is 0 Å². The van der Waals surface area contributed by atoms with Crippen LogP contribution >= 0.6 is 11.8 Å². The van der Waals surface area contributed by atoms with Crippen molar-refractivity contribution in [2.75, 3.05) is 5.75 Å². The van der Waals surface area contributed by atoms with Crippen LogP contribution in [-0.2, 0) is 14.1 Å². The van der Waals surface area contributed by atoms with Crippen molar-refractivity contribution >= 4 is 22.9 Å². The number of aryl methyl sites for hydroxylation is 1. The lowest BCUT2D eigenvalue weighted by Crippen LogP contribution is -2.36. The second-order valence-electron chi connectivity index (χ2n) is 5.92. The zero-order valence-electron chi connectivity index (χ0n) is 14.2. The lowest BCUT2D eigenvalue weighted by atomic mass is 10.1. The lowest BCUT2D eigenvalue weighted by molar-refractivity contribution is 0.603. The number of nitrogens with zero attached hydrogens (tertiary/aromatic N) is 3. The number of H-pyrrole nitrogens is 1. The molecule has 0 unspecified atom stereocenters. The van der Waals surface area contributed by atoms with Crippen molar-refractivity contribution < 1.29 is 0 Å². The molecule has 0 aliphatic carbocycles. The Kier molecular flexibility index (Phi) is 6.50. The Balaban J connectivity index is 1.90. The third kappa shape index (κ3) is 4.28. The first-order chi connectivity index (χ1) is 11.1. The molecule has 2 aromatic rings. The van der Waals surface area contributed by atoms with Crippen LogP contribution in [-0.4, -0.2) is 24.9 Å². The van der Waals surface area contributed by atoms with E-state index in [-0.39, 0.29) is 11.2 Å². The number of nitrogens with one attached hydrogen (secondary N) is 1. The van der Waals surface area contributed by atoms with Crippen LogP contribution in [0.25, 0.3) is 11.2 Å². The van der Waals surface area contributed by atoms with Gasteiger partial charge < -0.3 is 4.98 Å². The van der Waals surface area contributed by atoms with E-state index in [9.17, 15) is 9.59 Å². The molecule has 2 rings (SSSR count). The van der Waals surface area contributed by atoms with E-state index in [2.05, 4.69) is 16.9 Å². The first-order valence-electron chi connectivity index (χ1n) is 8.34. The van der Waals surface area contributed by atoms with Gasteiger partial charge in [-0.05, 0) is 6.42 Å². The molecule has 0 bridgehead atoms. The van der Waals surface area contributed by atoms with E-state index in [1.807, 2.05) is 0 Å². The van der Waals surface area contributed by atoms with Crippen LogP contribution in [0, 0.1) is 0 Å². The summed E-state index contributed by atoms with van der Waals surface area (Å²) in [6.07, 6.45) is 8.94. The summed E-state index contributed by atoms with van der Waals surface area (Å²) in [5, 5.41) is 0.712. The van der Waals surface area contributed by atoms with Gasteiger partial charge in [-0.1, -0.05) is 57.2 Å². The Morgan fingerprint density at radius 1 is 1.00 bits per heavy atom. The second kappa shape index (κ2) is 8.38. The maximum absolute atomic E-state index is 12.1. The van der Waals surface area contributed by atoms with Gasteiger partial charge in [-0.25, -0.2) is 9.78 Å². The smallest absolute Gasteiger partial charge is 0.327 e. The summed E-state index contributed by atoms with van der Waals surface area (Å²) in [5.41, 5.74) is 0.160. The summed E-state index contributed by atoms with van der Waals surface area (Å²) < 4.78 is 2.51. The average molecular weight is 338 g/mol. The normalized spacial score (nSPS) is 11.4. The summed E-state index contributed by atoms with van der Waals surface area (Å²) in [4.78, 5) is 31.4. The van der Waals surface area contributed by atoms with Crippen molar-refractivity contribution in [1.82, 2.24) is 19.1 Å². The third-order valence-corrected chi connectivity index (χ3v) is 5.02. The molecule has 6 nitrogen and oxygen atoms in total. The summed E-state index contributed by atoms with van der Waals surface area (Å²) >= 11 is 1.61. The van der Waals surface area contributed by atoms with Gasteiger partial charge in [-0.3, -0.25) is 13.9 Å². The van der Waals surface area contributed by atoms with E-state index >= 15 is 0 Å². The highest BCUT2D eigenvalue weighted by Crippen LogP contribution is 2.19. The van der Waals surface area contributed by atoms with Crippen LogP contribution in [0.15, 0.2) is 14.7 Å². The molecular formula is C16H26N4O2S. The van der Waals surface area contributed by atoms with Crippen LogP contribution < -0.4 is 11.2 Å². The summed E-state index contributed by atoms with van der Waals surface area (Å²) in [6.45, 7) is 2.23. The third-order valence-electron chi connectivity index (χ3n) is 4.06. The quantitative estimate of drug-likeness (QED) is 0.564. The fraction of sp³-hybridized carbons (Fsp3) is 0.688. The number of imidazole rings is 1. The summed E-state index contributed by atoms with van der Waals surface area (Å²) in [7, 11) is 3.12. The maximum Gasteiger partial charge on any atom is 0.332 e. The van der Waals surface area contributed by atoms with Gasteiger partial charge >= 0.3 is 5.69 Å². The molecule has 0 fully saturated rings. The van der Waals surface area contributed by atoms with Gasteiger partial charge in [0.25, 0.3) is 5.56 Å². The summed E-state index contributed by atoms with van der Waals surface area (Å²) in [6, 6.07) is 0. The van der Waals surface area contributed by atoms with Crippen molar-refractivity contribution in [2.45, 2.75) is 57.0 Å². The van der Waals surface area contributed by atoms with Crippen molar-refractivity contribution in [2.24, 2.45) is 14.1 Å². The molecular weight excluding hydrogens is 312 g/mol. The number of hydrogen-bond acceptors (Lipinski definition) is 4. The van der Waals surface area contributed by atoms with Crippen molar-refractivity contribution in [3.8, 4) is 0 Å². The van der Waals surface area contributed by atoms with E-state index in [0.29, 0.717) is 16.3 Å². The standard InChI is InChI=1S/C16H26N4O2S/c1-4-5-6-7-8-9-10-11-23-15-17-12-13(18-15)19(2)16(22)20(3)14(12)21/h4-11H2,1-3H3,(H,17,18). The van der Waals surface area contributed by atoms with Gasteiger partial charge in [-0.15, -0.1) is 0 Å². The van der Waals surface area contributed by atoms with Gasteiger partial charge in [0.05, 0.1) is 0 Å². The number of rotatable bonds is 9. The molecule has 1 N–H and O–H groups in total. The minimum atomic E-state index is -0.349. The molecule has 0 aliphatic rings. The SMILES string of the molecule is CCCCCCCCCSc1nc2c([nH]1)c(=O)n(C)c(=O)n2C. The number of fused-ring (bicyclic) bond motifs is 1. The Morgan fingerprint density at radius 3 is 2.35 bits per heavy atom. The van der Waals surface area contributed by atoms with Crippen LogP contribution in [0.5, 0.6) is 0 Å². The zero-order chi connectivity index (χ0) is 16.8. The molecule has 2 aromatic heterocycles. The Hall–Kier alpha value is -1.50. The van der Waals surface area contributed by atoms with Gasteiger partial charge in [0.15, 0.2) is 16.3 Å². The minimum Gasteiger partial charge on any atom is -0.327 e. The van der Waals surface area contributed by atoms with Gasteiger partial charge in [0.2, 0.25) is 0 Å². The van der Waals surface area contributed by atoms with Crippen LogP contribution in [0.1, 0.15) is 51.9 Å². The Bertz CT molecular complexity index is 760. The highest BCUT2D eigenvalue weighted by Gasteiger charge is 2.13. The first kappa shape index (κ1) is 17.8. The van der Waals surface area contributed by atoms with Crippen molar-refractivity contribution in [3.05, 3.63) is 20.8 Å². The minimum absolute atomic E-state index is 0.321.